The van der Waals surface area contributed by atoms with E-state index in [0.717, 1.165) is 11.6 Å². The maximum absolute atomic E-state index is 11.9. The smallest absolute Gasteiger partial charge is 0.291 e. The molecule has 1 amide bonds. The standard InChI is InChI=1S/C12H12N2O5S/c1-7-2-3-9(15)8(6-7)14-12(16)10-4-5-11(19-10)20(13,17)18/h2-6,15H,1H3,(H,14,16)(H2,13,17,18). The first-order valence-corrected chi connectivity index (χ1v) is 7.05. The van der Waals surface area contributed by atoms with E-state index in [-0.39, 0.29) is 17.2 Å². The van der Waals surface area contributed by atoms with Crippen molar-refractivity contribution in [2.75, 3.05) is 5.32 Å². The number of phenols is 1. The highest BCUT2D eigenvalue weighted by molar-refractivity contribution is 7.89. The van der Waals surface area contributed by atoms with Crippen LogP contribution in [0.25, 0.3) is 0 Å². The number of hydrogen-bond acceptors (Lipinski definition) is 5. The van der Waals surface area contributed by atoms with Crippen LogP contribution in [-0.2, 0) is 10.0 Å². The average molecular weight is 296 g/mol. The number of aryl methyl sites for hydroxylation is 1. The topological polar surface area (TPSA) is 123 Å². The normalized spacial score (nSPS) is 11.3. The van der Waals surface area contributed by atoms with Crippen LogP contribution in [-0.4, -0.2) is 19.4 Å². The van der Waals surface area contributed by atoms with Crippen LogP contribution in [0, 0.1) is 6.92 Å². The predicted octanol–water partition coefficient (Wildman–Crippen LogP) is 1.19. The van der Waals surface area contributed by atoms with Crippen molar-refractivity contribution in [1.82, 2.24) is 0 Å². The molecule has 2 rings (SSSR count). The summed E-state index contributed by atoms with van der Waals surface area (Å²) in [4.78, 5) is 11.9. The van der Waals surface area contributed by atoms with Gasteiger partial charge in [0.2, 0.25) is 5.09 Å². The monoisotopic (exact) mass is 296 g/mol. The number of benzene rings is 1. The van der Waals surface area contributed by atoms with Gasteiger partial charge in [0.05, 0.1) is 5.69 Å². The zero-order chi connectivity index (χ0) is 14.9. The van der Waals surface area contributed by atoms with E-state index in [4.69, 9.17) is 9.56 Å². The molecule has 0 atom stereocenters. The number of furan rings is 1. The van der Waals surface area contributed by atoms with Crippen LogP contribution in [0.4, 0.5) is 5.69 Å². The molecule has 0 aliphatic rings. The number of anilines is 1. The van der Waals surface area contributed by atoms with E-state index in [9.17, 15) is 18.3 Å². The van der Waals surface area contributed by atoms with Gasteiger partial charge in [-0.3, -0.25) is 4.79 Å². The maximum atomic E-state index is 11.9. The van der Waals surface area contributed by atoms with Crippen molar-refractivity contribution in [2.24, 2.45) is 5.14 Å². The third-order valence-electron chi connectivity index (χ3n) is 2.49. The van der Waals surface area contributed by atoms with E-state index in [0.29, 0.717) is 0 Å². The molecule has 1 heterocycles. The van der Waals surface area contributed by atoms with Gasteiger partial charge in [0.25, 0.3) is 15.9 Å². The summed E-state index contributed by atoms with van der Waals surface area (Å²) in [5.74, 6) is -1.03. The summed E-state index contributed by atoms with van der Waals surface area (Å²) in [6, 6.07) is 6.94. The largest absolute Gasteiger partial charge is 0.506 e. The summed E-state index contributed by atoms with van der Waals surface area (Å²) in [5.41, 5.74) is 1.03. The Bertz CT molecular complexity index is 764. The molecule has 0 aliphatic carbocycles. The van der Waals surface area contributed by atoms with Crippen LogP contribution < -0.4 is 10.5 Å². The Balaban J connectivity index is 2.24. The highest BCUT2D eigenvalue weighted by Crippen LogP contribution is 2.24. The quantitative estimate of drug-likeness (QED) is 0.734. The molecule has 1 aromatic heterocycles. The van der Waals surface area contributed by atoms with Gasteiger partial charge in [-0.1, -0.05) is 6.07 Å². The SMILES string of the molecule is Cc1ccc(O)c(NC(=O)c2ccc(S(N)(=O)=O)o2)c1. The zero-order valence-corrected chi connectivity index (χ0v) is 11.3. The number of nitrogens with one attached hydrogen (secondary N) is 1. The number of phenolic OH excluding ortho intramolecular Hbond substituents is 1. The second-order valence-electron chi connectivity index (χ2n) is 4.14. The highest BCUT2D eigenvalue weighted by Gasteiger charge is 2.18. The highest BCUT2D eigenvalue weighted by atomic mass is 32.2. The van der Waals surface area contributed by atoms with Crippen LogP contribution in [0.15, 0.2) is 39.8 Å². The van der Waals surface area contributed by atoms with E-state index in [1.165, 1.54) is 12.1 Å². The fraction of sp³-hybridized carbons (Fsp3) is 0.0833. The van der Waals surface area contributed by atoms with E-state index >= 15 is 0 Å². The minimum Gasteiger partial charge on any atom is -0.506 e. The summed E-state index contributed by atoms with van der Waals surface area (Å²) in [6.07, 6.45) is 0. The minimum absolute atomic E-state index is 0.109. The van der Waals surface area contributed by atoms with Crippen molar-refractivity contribution in [3.05, 3.63) is 41.7 Å². The van der Waals surface area contributed by atoms with Crippen molar-refractivity contribution in [1.29, 1.82) is 0 Å². The number of carbonyl (C=O) groups excluding carboxylic acids is 1. The molecule has 0 bridgehead atoms. The summed E-state index contributed by atoms with van der Waals surface area (Å²) in [6.45, 7) is 1.79. The molecule has 4 N–H and O–H groups in total. The third kappa shape index (κ3) is 2.98. The summed E-state index contributed by atoms with van der Waals surface area (Å²) < 4.78 is 26.9. The molecule has 0 radical (unpaired) electrons. The van der Waals surface area contributed by atoms with Gasteiger partial charge in [-0.25, -0.2) is 13.6 Å². The van der Waals surface area contributed by atoms with Gasteiger partial charge in [-0.05, 0) is 36.8 Å². The van der Waals surface area contributed by atoms with Gasteiger partial charge < -0.3 is 14.8 Å². The van der Waals surface area contributed by atoms with Gasteiger partial charge >= 0.3 is 0 Å². The van der Waals surface area contributed by atoms with E-state index in [1.54, 1.807) is 19.1 Å². The van der Waals surface area contributed by atoms with Crippen molar-refractivity contribution in [2.45, 2.75) is 12.0 Å². The number of carbonyl (C=O) groups is 1. The summed E-state index contributed by atoms with van der Waals surface area (Å²) >= 11 is 0. The Labute approximate surface area is 115 Å². The molecule has 106 valence electrons. The van der Waals surface area contributed by atoms with Gasteiger partial charge in [0, 0.05) is 0 Å². The Morgan fingerprint density at radius 1 is 1.30 bits per heavy atom. The molecule has 0 saturated heterocycles. The lowest BCUT2D eigenvalue weighted by atomic mass is 10.2. The lowest BCUT2D eigenvalue weighted by Gasteiger charge is -2.06. The predicted molar refractivity (Wildman–Crippen MR) is 70.9 cm³/mol. The lowest BCUT2D eigenvalue weighted by Crippen LogP contribution is -2.12. The van der Waals surface area contributed by atoms with Crippen LogP contribution >= 0.6 is 0 Å². The minimum atomic E-state index is -4.00. The molecule has 20 heavy (non-hydrogen) atoms. The summed E-state index contributed by atoms with van der Waals surface area (Å²) in [7, 11) is -4.00. The average Bonchev–Trinajstić information content (AvgIpc) is 2.83. The van der Waals surface area contributed by atoms with E-state index < -0.39 is 21.0 Å². The Morgan fingerprint density at radius 2 is 2.00 bits per heavy atom. The van der Waals surface area contributed by atoms with Crippen molar-refractivity contribution >= 4 is 21.6 Å². The first kappa shape index (κ1) is 14.1. The number of aromatic hydroxyl groups is 1. The first-order chi connectivity index (χ1) is 9.27. The molecule has 0 saturated carbocycles. The van der Waals surface area contributed by atoms with E-state index in [1.807, 2.05) is 0 Å². The number of nitrogens with two attached hydrogens (primary N) is 1. The summed E-state index contributed by atoms with van der Waals surface area (Å²) in [5, 5.41) is 16.4. The van der Waals surface area contributed by atoms with E-state index in [2.05, 4.69) is 5.32 Å². The Kier molecular flexibility index (Phi) is 3.51. The fourth-order valence-corrected chi connectivity index (χ4v) is 1.99. The van der Waals surface area contributed by atoms with Crippen molar-refractivity contribution < 1.29 is 22.7 Å². The molecule has 0 unspecified atom stereocenters. The lowest BCUT2D eigenvalue weighted by molar-refractivity contribution is 0.0991. The third-order valence-corrected chi connectivity index (χ3v) is 3.27. The Morgan fingerprint density at radius 3 is 2.60 bits per heavy atom. The van der Waals surface area contributed by atoms with Gasteiger partial charge in [-0.15, -0.1) is 0 Å². The van der Waals surface area contributed by atoms with Crippen LogP contribution in [0.5, 0.6) is 5.75 Å². The van der Waals surface area contributed by atoms with Crippen LogP contribution in [0.2, 0.25) is 0 Å². The molecule has 1 aromatic carbocycles. The number of sulfonamides is 1. The zero-order valence-electron chi connectivity index (χ0n) is 10.5. The maximum Gasteiger partial charge on any atom is 0.291 e. The number of hydrogen-bond donors (Lipinski definition) is 3. The fourth-order valence-electron chi connectivity index (χ4n) is 1.53. The van der Waals surface area contributed by atoms with Crippen LogP contribution in [0.1, 0.15) is 16.1 Å². The molecular weight excluding hydrogens is 284 g/mol. The molecule has 0 aliphatic heterocycles. The number of rotatable bonds is 3. The second kappa shape index (κ2) is 4.99. The Hall–Kier alpha value is -2.32. The molecule has 2 aromatic rings. The van der Waals surface area contributed by atoms with Crippen molar-refractivity contribution in [3.63, 3.8) is 0 Å². The van der Waals surface area contributed by atoms with Gasteiger partial charge in [-0.2, -0.15) is 0 Å². The second-order valence-corrected chi connectivity index (χ2v) is 5.63. The van der Waals surface area contributed by atoms with Gasteiger partial charge in [0.15, 0.2) is 5.76 Å². The number of amides is 1. The number of primary sulfonamides is 1. The molecule has 0 spiro atoms. The first-order valence-electron chi connectivity index (χ1n) is 5.51. The molecule has 0 fully saturated rings. The molecule has 8 heteroatoms. The van der Waals surface area contributed by atoms with Crippen LogP contribution in [0.3, 0.4) is 0 Å². The molecule has 7 nitrogen and oxygen atoms in total. The molecular formula is C12H12N2O5S. The van der Waals surface area contributed by atoms with Crippen molar-refractivity contribution in [3.8, 4) is 5.75 Å². The van der Waals surface area contributed by atoms with Gasteiger partial charge in [0.1, 0.15) is 5.75 Å².